The Balaban J connectivity index is 2.39. The minimum Gasteiger partial charge on any atom is -0.201 e. The van der Waals surface area contributed by atoms with Gasteiger partial charge < -0.3 is 0 Å². The smallest absolute Gasteiger partial charge is 0.201 e. The minimum atomic E-state index is 0.225. The largest absolute Gasteiger partial charge is 0.212 e. The number of hydrogen-bond donors (Lipinski definition) is 0. The first kappa shape index (κ1) is 14.3. The summed E-state index contributed by atoms with van der Waals surface area (Å²) in [5.41, 5.74) is 7.69. The monoisotopic (exact) mass is 280 g/mol. The van der Waals surface area contributed by atoms with Crippen molar-refractivity contribution in [1.82, 2.24) is 0 Å². The van der Waals surface area contributed by atoms with Crippen molar-refractivity contribution in [1.29, 1.82) is 0 Å². The average Bonchev–Trinajstić information content (AvgIpc) is 2.56. The van der Waals surface area contributed by atoms with Gasteiger partial charge in [-0.15, -0.1) is 0 Å². The molecule has 0 fully saturated rings. The van der Waals surface area contributed by atoms with E-state index in [1.165, 1.54) is 28.8 Å². The van der Waals surface area contributed by atoms with Crippen molar-refractivity contribution in [2.75, 3.05) is 0 Å². The highest BCUT2D eigenvalue weighted by molar-refractivity contribution is 5.71. The number of hydrogen-bond acceptors (Lipinski definition) is 0. The third kappa shape index (κ3) is 2.10. The van der Waals surface area contributed by atoms with E-state index in [1.54, 1.807) is 5.56 Å². The van der Waals surface area contributed by atoms with Crippen molar-refractivity contribution >= 4 is 0 Å². The first-order valence-corrected chi connectivity index (χ1v) is 7.84. The molecule has 1 aliphatic rings. The zero-order valence-electron chi connectivity index (χ0n) is 14.1. The molecule has 1 aliphatic carbocycles. The summed E-state index contributed by atoms with van der Waals surface area (Å²) in [4.78, 5) is 0. The quantitative estimate of drug-likeness (QED) is 0.680. The molecular formula is C20H26N+. The number of benzene rings is 1. The number of aromatic nitrogens is 1. The lowest BCUT2D eigenvalue weighted by Gasteiger charge is -2.23. The Hall–Kier alpha value is -1.63. The minimum absolute atomic E-state index is 0.225. The highest BCUT2D eigenvalue weighted by atomic mass is 14.9. The summed E-state index contributed by atoms with van der Waals surface area (Å²) >= 11 is 0. The fraction of sp³-hybridized carbons (Fsp3) is 0.450. The Morgan fingerprint density at radius 2 is 1.67 bits per heavy atom. The molecule has 0 amide bonds. The van der Waals surface area contributed by atoms with Gasteiger partial charge >= 0.3 is 0 Å². The van der Waals surface area contributed by atoms with Crippen LogP contribution in [0.3, 0.4) is 0 Å². The average molecular weight is 280 g/mol. The molecule has 21 heavy (non-hydrogen) atoms. The molecule has 2 aromatic rings. The second-order valence-corrected chi connectivity index (χ2v) is 7.82. The van der Waals surface area contributed by atoms with Gasteiger partial charge in [-0.05, 0) is 46.9 Å². The Morgan fingerprint density at radius 1 is 0.952 bits per heavy atom. The molecule has 1 heterocycles. The van der Waals surface area contributed by atoms with Crippen LogP contribution in [0.2, 0.25) is 0 Å². The Bertz CT molecular complexity index is 708. The van der Waals surface area contributed by atoms with Gasteiger partial charge in [0, 0.05) is 12.1 Å². The van der Waals surface area contributed by atoms with Crippen LogP contribution < -0.4 is 4.57 Å². The van der Waals surface area contributed by atoms with Crippen LogP contribution >= 0.6 is 0 Å². The molecule has 0 radical (unpaired) electrons. The first-order chi connectivity index (χ1) is 9.74. The normalized spacial score (nSPS) is 18.6. The maximum absolute atomic E-state index is 2.40. The van der Waals surface area contributed by atoms with Crippen LogP contribution in [0.1, 0.15) is 50.8 Å². The predicted molar refractivity (Wildman–Crippen MR) is 88.5 cm³/mol. The molecule has 0 bridgehead atoms. The van der Waals surface area contributed by atoms with E-state index in [9.17, 15) is 0 Å². The van der Waals surface area contributed by atoms with Gasteiger partial charge in [0.1, 0.15) is 7.05 Å². The second-order valence-electron chi connectivity index (χ2n) is 7.82. The summed E-state index contributed by atoms with van der Waals surface area (Å²) in [6.45, 7) is 11.8. The summed E-state index contributed by atoms with van der Waals surface area (Å²) < 4.78 is 2.24. The van der Waals surface area contributed by atoms with Crippen molar-refractivity contribution in [3.05, 3.63) is 53.2 Å². The molecule has 1 aromatic carbocycles. The molecule has 0 spiro atoms. The Kier molecular flexibility index (Phi) is 3.02. The summed E-state index contributed by atoms with van der Waals surface area (Å²) in [5.74, 6) is 0. The van der Waals surface area contributed by atoms with Crippen LogP contribution in [0.4, 0.5) is 0 Å². The lowest BCUT2D eigenvalue weighted by Crippen LogP contribution is -2.31. The van der Waals surface area contributed by atoms with E-state index in [0.29, 0.717) is 0 Å². The van der Waals surface area contributed by atoms with Crippen molar-refractivity contribution in [3.63, 3.8) is 0 Å². The van der Waals surface area contributed by atoms with Crippen LogP contribution in [0.25, 0.3) is 11.3 Å². The Morgan fingerprint density at radius 3 is 2.33 bits per heavy atom. The van der Waals surface area contributed by atoms with Gasteiger partial charge in [-0.25, -0.2) is 4.57 Å². The SMILES string of the molecule is Cc1ccc2c(c1-c1cccc[n+]1C)C(C)(C)CC2(C)C. The molecule has 1 aromatic heterocycles. The highest BCUT2D eigenvalue weighted by Crippen LogP contribution is 2.52. The van der Waals surface area contributed by atoms with E-state index >= 15 is 0 Å². The number of aryl methyl sites for hydroxylation is 2. The van der Waals surface area contributed by atoms with E-state index < -0.39 is 0 Å². The van der Waals surface area contributed by atoms with E-state index in [4.69, 9.17) is 0 Å². The van der Waals surface area contributed by atoms with Crippen LogP contribution in [0.5, 0.6) is 0 Å². The molecule has 0 saturated carbocycles. The molecule has 0 aliphatic heterocycles. The lowest BCUT2D eigenvalue weighted by molar-refractivity contribution is -0.660. The summed E-state index contributed by atoms with van der Waals surface area (Å²) in [5, 5.41) is 0. The molecule has 0 atom stereocenters. The van der Waals surface area contributed by atoms with E-state index in [0.717, 1.165) is 0 Å². The third-order valence-corrected chi connectivity index (χ3v) is 5.01. The van der Waals surface area contributed by atoms with Gasteiger partial charge in [-0.3, -0.25) is 0 Å². The third-order valence-electron chi connectivity index (χ3n) is 5.01. The molecule has 110 valence electrons. The first-order valence-electron chi connectivity index (χ1n) is 7.84. The number of nitrogens with zero attached hydrogens (tertiary/aromatic N) is 1. The molecule has 0 N–H and O–H groups in total. The van der Waals surface area contributed by atoms with Crippen LogP contribution in [-0.2, 0) is 17.9 Å². The maximum Gasteiger partial charge on any atom is 0.212 e. The number of fused-ring (bicyclic) bond motifs is 1. The standard InChI is InChI=1S/C20H26N/c1-14-10-11-15-18(20(4,5)13-19(15,2)3)17(14)16-9-7-8-12-21(16)6/h7-12H,13H2,1-6H3/q+1. The van der Waals surface area contributed by atoms with E-state index in [-0.39, 0.29) is 10.8 Å². The van der Waals surface area contributed by atoms with E-state index in [1.807, 2.05) is 0 Å². The zero-order chi connectivity index (χ0) is 15.4. The predicted octanol–water partition coefficient (Wildman–Crippen LogP) is 4.45. The van der Waals surface area contributed by atoms with Crippen LogP contribution in [-0.4, -0.2) is 0 Å². The number of rotatable bonds is 1. The van der Waals surface area contributed by atoms with Gasteiger partial charge in [-0.2, -0.15) is 0 Å². The van der Waals surface area contributed by atoms with Gasteiger partial charge in [0.25, 0.3) is 0 Å². The van der Waals surface area contributed by atoms with Crippen LogP contribution in [0.15, 0.2) is 36.5 Å². The van der Waals surface area contributed by atoms with Gasteiger partial charge in [0.15, 0.2) is 6.20 Å². The molecule has 0 unspecified atom stereocenters. The maximum atomic E-state index is 2.40. The van der Waals surface area contributed by atoms with Gasteiger partial charge in [0.2, 0.25) is 5.69 Å². The van der Waals surface area contributed by atoms with Gasteiger partial charge in [0.05, 0.1) is 5.56 Å². The summed E-state index contributed by atoms with van der Waals surface area (Å²) in [6, 6.07) is 11.1. The van der Waals surface area contributed by atoms with Crippen molar-refractivity contribution in [2.45, 2.75) is 51.9 Å². The molecule has 1 nitrogen and oxygen atoms in total. The van der Waals surface area contributed by atoms with Crippen molar-refractivity contribution in [3.8, 4) is 11.3 Å². The Labute approximate surface area is 128 Å². The number of pyridine rings is 1. The highest BCUT2D eigenvalue weighted by Gasteiger charge is 2.44. The fourth-order valence-corrected chi connectivity index (χ4v) is 4.38. The second kappa shape index (κ2) is 4.43. The summed E-state index contributed by atoms with van der Waals surface area (Å²) in [6.07, 6.45) is 3.35. The van der Waals surface area contributed by atoms with Crippen molar-refractivity contribution in [2.24, 2.45) is 7.05 Å². The van der Waals surface area contributed by atoms with Gasteiger partial charge in [-0.1, -0.05) is 39.8 Å². The van der Waals surface area contributed by atoms with E-state index in [2.05, 4.69) is 82.8 Å². The topological polar surface area (TPSA) is 3.88 Å². The molecule has 1 heteroatoms. The van der Waals surface area contributed by atoms with Crippen LogP contribution in [0, 0.1) is 6.92 Å². The molecule has 0 saturated heterocycles. The molecule has 3 rings (SSSR count). The lowest BCUT2D eigenvalue weighted by atomic mass is 9.80. The fourth-order valence-electron chi connectivity index (χ4n) is 4.38. The zero-order valence-corrected chi connectivity index (χ0v) is 14.1. The van der Waals surface area contributed by atoms with Crippen molar-refractivity contribution < 1.29 is 4.57 Å². The summed E-state index contributed by atoms with van der Waals surface area (Å²) in [7, 11) is 2.14. The molecular weight excluding hydrogens is 254 g/mol.